The van der Waals surface area contributed by atoms with Crippen LogP contribution < -0.4 is 4.90 Å². The molecule has 3 rings (SSSR count). The van der Waals surface area contributed by atoms with E-state index in [0.29, 0.717) is 0 Å². The lowest BCUT2D eigenvalue weighted by Gasteiger charge is -2.40. The normalized spacial score (nSPS) is 23.8. The van der Waals surface area contributed by atoms with E-state index in [-0.39, 0.29) is 12.1 Å². The summed E-state index contributed by atoms with van der Waals surface area (Å²) in [6.45, 7) is 3.87. The van der Waals surface area contributed by atoms with Gasteiger partial charge in [-0.25, -0.2) is 13.4 Å². The van der Waals surface area contributed by atoms with Gasteiger partial charge in [-0.05, 0) is 32.1 Å². The highest BCUT2D eigenvalue weighted by molar-refractivity contribution is 7.88. The largest absolute Gasteiger partial charge is 0.347 e. The molecule has 1 atom stereocenters. The molecule has 2 fully saturated rings. The Labute approximate surface area is 143 Å². The van der Waals surface area contributed by atoms with Crippen LogP contribution >= 0.6 is 11.5 Å². The molecule has 1 aliphatic carbocycles. The molecule has 0 radical (unpaired) electrons. The van der Waals surface area contributed by atoms with Crippen molar-refractivity contribution in [1.29, 1.82) is 0 Å². The number of sulfonamides is 1. The average molecular weight is 359 g/mol. The Kier molecular flexibility index (Phi) is 5.22. The summed E-state index contributed by atoms with van der Waals surface area (Å²) in [5.74, 6) is 0.901. The third-order valence-electron chi connectivity index (χ3n) is 4.92. The molecule has 0 spiro atoms. The van der Waals surface area contributed by atoms with E-state index in [1.165, 1.54) is 17.8 Å². The molecule has 8 heteroatoms. The van der Waals surface area contributed by atoms with E-state index in [0.717, 1.165) is 69.0 Å². The smallest absolute Gasteiger partial charge is 0.211 e. The average Bonchev–Trinajstić information content (AvgIpc) is 2.80. The third kappa shape index (κ3) is 3.85. The fourth-order valence-corrected chi connectivity index (χ4v) is 5.83. The van der Waals surface area contributed by atoms with Crippen LogP contribution in [0.1, 0.15) is 51.3 Å². The summed E-state index contributed by atoms with van der Waals surface area (Å²) in [6.07, 6.45) is 8.24. The summed E-state index contributed by atoms with van der Waals surface area (Å²) in [5, 5.41) is 0.983. The molecule has 2 aliphatic rings. The molecule has 0 unspecified atom stereocenters. The van der Waals surface area contributed by atoms with Crippen LogP contribution in [0.15, 0.2) is 0 Å². The van der Waals surface area contributed by atoms with Crippen LogP contribution in [-0.4, -0.2) is 53.5 Å². The first-order valence-corrected chi connectivity index (χ1v) is 11.2. The van der Waals surface area contributed by atoms with Gasteiger partial charge in [-0.3, -0.25) is 0 Å². The van der Waals surface area contributed by atoms with Gasteiger partial charge in [0.15, 0.2) is 0 Å². The summed E-state index contributed by atoms with van der Waals surface area (Å²) in [7, 11) is -3.13. The Morgan fingerprint density at radius 1 is 1.17 bits per heavy atom. The third-order valence-corrected chi connectivity index (χ3v) is 7.10. The molecule has 6 nitrogen and oxygen atoms in total. The van der Waals surface area contributed by atoms with Gasteiger partial charge in [-0.2, -0.15) is 8.68 Å². The second-order valence-electron chi connectivity index (χ2n) is 6.60. The Morgan fingerprint density at radius 2 is 1.87 bits per heavy atom. The van der Waals surface area contributed by atoms with E-state index < -0.39 is 10.0 Å². The van der Waals surface area contributed by atoms with Gasteiger partial charge in [0, 0.05) is 43.1 Å². The van der Waals surface area contributed by atoms with Gasteiger partial charge in [0.2, 0.25) is 15.2 Å². The summed E-state index contributed by atoms with van der Waals surface area (Å²) in [5.41, 5.74) is 0. The van der Waals surface area contributed by atoms with Crippen molar-refractivity contribution in [2.24, 2.45) is 0 Å². The van der Waals surface area contributed by atoms with E-state index in [1.54, 1.807) is 0 Å². The SMILES string of the molecule is CCc1nsc(N2CCC[C@@H](N(C3CCC3)S(C)(=O)=O)CC2)n1. The molecular formula is C15H26N4O2S2. The van der Waals surface area contributed by atoms with E-state index in [2.05, 4.69) is 21.2 Å². The zero-order valence-electron chi connectivity index (χ0n) is 13.9. The minimum absolute atomic E-state index is 0.138. The monoisotopic (exact) mass is 358 g/mol. The van der Waals surface area contributed by atoms with Crippen LogP contribution in [0.25, 0.3) is 0 Å². The molecule has 1 saturated heterocycles. The maximum absolute atomic E-state index is 12.3. The Morgan fingerprint density at radius 3 is 2.43 bits per heavy atom. The molecule has 1 saturated carbocycles. The predicted octanol–water partition coefficient (Wildman–Crippen LogP) is 2.27. The van der Waals surface area contributed by atoms with Gasteiger partial charge >= 0.3 is 0 Å². The molecule has 0 bridgehead atoms. The highest BCUT2D eigenvalue weighted by Gasteiger charge is 2.37. The van der Waals surface area contributed by atoms with Gasteiger partial charge in [-0.1, -0.05) is 13.3 Å². The van der Waals surface area contributed by atoms with Crippen molar-refractivity contribution < 1.29 is 8.42 Å². The zero-order valence-corrected chi connectivity index (χ0v) is 15.6. The zero-order chi connectivity index (χ0) is 16.4. The van der Waals surface area contributed by atoms with Crippen LogP contribution in [0.2, 0.25) is 0 Å². The standard InChI is InChI=1S/C15H26N4O2S2/c1-3-14-16-15(22-17-14)18-10-5-8-13(9-11-18)19(23(2,20)21)12-6-4-7-12/h12-13H,3-11H2,1-2H3/t13-/m1/s1. The van der Waals surface area contributed by atoms with Gasteiger partial charge in [0.1, 0.15) is 5.82 Å². The minimum Gasteiger partial charge on any atom is -0.347 e. The van der Waals surface area contributed by atoms with Crippen LogP contribution in [-0.2, 0) is 16.4 Å². The fraction of sp³-hybridized carbons (Fsp3) is 0.867. The lowest BCUT2D eigenvalue weighted by Crippen LogP contribution is -2.49. The number of nitrogens with zero attached hydrogens (tertiary/aromatic N) is 4. The molecule has 0 amide bonds. The van der Waals surface area contributed by atoms with Crippen LogP contribution in [0.4, 0.5) is 5.13 Å². The maximum atomic E-state index is 12.3. The van der Waals surface area contributed by atoms with Crippen molar-refractivity contribution in [2.45, 2.75) is 64.0 Å². The van der Waals surface area contributed by atoms with Crippen LogP contribution in [0.5, 0.6) is 0 Å². The van der Waals surface area contributed by atoms with Crippen molar-refractivity contribution in [3.8, 4) is 0 Å². The Hall–Kier alpha value is -0.730. The molecule has 0 N–H and O–H groups in total. The first-order chi connectivity index (χ1) is 11.0. The van der Waals surface area contributed by atoms with Gasteiger partial charge in [0.25, 0.3) is 0 Å². The van der Waals surface area contributed by atoms with Crippen molar-refractivity contribution in [1.82, 2.24) is 13.7 Å². The first kappa shape index (κ1) is 17.1. The highest BCUT2D eigenvalue weighted by Crippen LogP contribution is 2.32. The van der Waals surface area contributed by atoms with E-state index >= 15 is 0 Å². The number of aryl methyl sites for hydroxylation is 1. The van der Waals surface area contributed by atoms with Gasteiger partial charge in [-0.15, -0.1) is 0 Å². The molecule has 0 aromatic carbocycles. The van der Waals surface area contributed by atoms with E-state index in [4.69, 9.17) is 0 Å². The van der Waals surface area contributed by atoms with E-state index in [1.807, 2.05) is 4.31 Å². The number of aromatic nitrogens is 2. The molecule has 1 aromatic rings. The van der Waals surface area contributed by atoms with Crippen molar-refractivity contribution >= 4 is 26.7 Å². The molecule has 2 heterocycles. The number of anilines is 1. The lowest BCUT2D eigenvalue weighted by molar-refractivity contribution is 0.164. The number of hydrogen-bond donors (Lipinski definition) is 0. The second-order valence-corrected chi connectivity index (χ2v) is 9.21. The van der Waals surface area contributed by atoms with Crippen molar-refractivity contribution in [2.75, 3.05) is 24.2 Å². The first-order valence-electron chi connectivity index (χ1n) is 8.55. The summed E-state index contributed by atoms with van der Waals surface area (Å²) in [6, 6.07) is 0.369. The maximum Gasteiger partial charge on any atom is 0.211 e. The molecule has 130 valence electrons. The number of rotatable bonds is 5. The molecule has 1 aromatic heterocycles. The minimum atomic E-state index is -3.13. The van der Waals surface area contributed by atoms with Gasteiger partial charge < -0.3 is 4.90 Å². The Balaban J connectivity index is 1.69. The Bertz CT molecular complexity index is 627. The molecular weight excluding hydrogens is 332 g/mol. The van der Waals surface area contributed by atoms with Crippen molar-refractivity contribution in [3.05, 3.63) is 5.82 Å². The number of hydrogen-bond acceptors (Lipinski definition) is 6. The van der Waals surface area contributed by atoms with Crippen LogP contribution in [0, 0.1) is 0 Å². The predicted molar refractivity (Wildman–Crippen MR) is 93.5 cm³/mol. The topological polar surface area (TPSA) is 66.4 Å². The van der Waals surface area contributed by atoms with Gasteiger partial charge in [0.05, 0.1) is 6.26 Å². The highest BCUT2D eigenvalue weighted by atomic mass is 32.2. The van der Waals surface area contributed by atoms with Crippen molar-refractivity contribution in [3.63, 3.8) is 0 Å². The quantitative estimate of drug-likeness (QED) is 0.808. The summed E-state index contributed by atoms with van der Waals surface area (Å²) in [4.78, 5) is 6.85. The fourth-order valence-electron chi connectivity index (χ4n) is 3.52. The second kappa shape index (κ2) is 7.03. The lowest BCUT2D eigenvalue weighted by atomic mass is 9.91. The molecule has 23 heavy (non-hydrogen) atoms. The van der Waals surface area contributed by atoms with E-state index in [9.17, 15) is 8.42 Å². The van der Waals surface area contributed by atoms with Crippen LogP contribution in [0.3, 0.4) is 0 Å². The summed E-state index contributed by atoms with van der Waals surface area (Å²) < 4.78 is 30.7. The summed E-state index contributed by atoms with van der Waals surface area (Å²) >= 11 is 1.46. The molecule has 1 aliphatic heterocycles.